The Kier molecular flexibility index (Phi) is 4.47. The summed E-state index contributed by atoms with van der Waals surface area (Å²) in [5.41, 5.74) is 0.738. The van der Waals surface area contributed by atoms with E-state index in [1.54, 1.807) is 38.1 Å². The monoisotopic (exact) mass is 248 g/mol. The fourth-order valence-corrected chi connectivity index (χ4v) is 1.62. The Balaban J connectivity index is 3.33. The summed E-state index contributed by atoms with van der Waals surface area (Å²) < 4.78 is 13.8. The van der Waals surface area contributed by atoms with E-state index in [-0.39, 0.29) is 11.7 Å². The Hall–Kier alpha value is -1.41. The van der Waals surface area contributed by atoms with Crippen LogP contribution in [0.25, 0.3) is 5.57 Å². The zero-order chi connectivity index (χ0) is 13.9. The summed E-state index contributed by atoms with van der Waals surface area (Å²) in [6.07, 6.45) is 1.78. The quantitative estimate of drug-likeness (QED) is 0.792. The Morgan fingerprint density at radius 2 is 1.89 bits per heavy atom. The van der Waals surface area contributed by atoms with Gasteiger partial charge in [0.05, 0.1) is 5.60 Å². The molecule has 0 heterocycles. The van der Waals surface area contributed by atoms with Crippen LogP contribution in [0.1, 0.15) is 33.3 Å². The van der Waals surface area contributed by atoms with Crippen molar-refractivity contribution in [3.63, 3.8) is 0 Å². The Morgan fingerprint density at radius 3 is 2.33 bits per heavy atom. The summed E-state index contributed by atoms with van der Waals surface area (Å²) >= 11 is 0. The third kappa shape index (κ3) is 3.54. The second-order valence-corrected chi connectivity index (χ2v) is 5.33. The number of allylic oxidation sites excluding steroid dienone is 2. The van der Waals surface area contributed by atoms with Crippen molar-refractivity contribution in [2.75, 3.05) is 0 Å². The Morgan fingerprint density at radius 1 is 1.33 bits per heavy atom. The smallest absolute Gasteiger partial charge is 0.130 e. The minimum Gasteiger partial charge on any atom is -0.386 e. The van der Waals surface area contributed by atoms with Gasteiger partial charge in [-0.1, -0.05) is 50.3 Å². The van der Waals surface area contributed by atoms with Crippen LogP contribution in [0.15, 0.2) is 42.5 Å². The maximum Gasteiger partial charge on any atom is 0.130 e. The zero-order valence-electron chi connectivity index (χ0n) is 11.5. The van der Waals surface area contributed by atoms with Crippen LogP contribution in [0, 0.1) is 11.7 Å². The van der Waals surface area contributed by atoms with Gasteiger partial charge in [0.1, 0.15) is 5.82 Å². The molecule has 0 saturated carbocycles. The fraction of sp³-hybridized carbons (Fsp3) is 0.375. The van der Waals surface area contributed by atoms with Gasteiger partial charge >= 0.3 is 0 Å². The summed E-state index contributed by atoms with van der Waals surface area (Å²) in [6, 6.07) is 6.47. The summed E-state index contributed by atoms with van der Waals surface area (Å²) in [6.45, 7) is 11.3. The predicted octanol–water partition coefficient (Wildman–Crippen LogP) is 4.19. The van der Waals surface area contributed by atoms with Crippen molar-refractivity contribution in [1.29, 1.82) is 0 Å². The van der Waals surface area contributed by atoms with Crippen molar-refractivity contribution in [3.8, 4) is 0 Å². The van der Waals surface area contributed by atoms with Crippen molar-refractivity contribution in [1.82, 2.24) is 0 Å². The van der Waals surface area contributed by atoms with E-state index in [4.69, 9.17) is 0 Å². The van der Waals surface area contributed by atoms with E-state index in [9.17, 15) is 9.50 Å². The number of halogens is 1. The lowest BCUT2D eigenvalue weighted by atomic mass is 9.88. The van der Waals surface area contributed by atoms with Gasteiger partial charge in [-0.05, 0) is 31.4 Å². The van der Waals surface area contributed by atoms with Gasteiger partial charge < -0.3 is 5.11 Å². The van der Waals surface area contributed by atoms with Crippen LogP contribution in [-0.4, -0.2) is 10.7 Å². The Bertz CT molecular complexity index is 464. The molecule has 0 aliphatic rings. The molecule has 0 atom stereocenters. The number of hydrogen-bond acceptors (Lipinski definition) is 1. The molecule has 1 rings (SSSR count). The lowest BCUT2D eigenvalue weighted by Gasteiger charge is -2.23. The van der Waals surface area contributed by atoms with E-state index < -0.39 is 5.60 Å². The molecule has 0 saturated heterocycles. The van der Waals surface area contributed by atoms with E-state index in [1.165, 1.54) is 6.07 Å². The molecular formula is C16H21FO. The van der Waals surface area contributed by atoms with E-state index in [0.717, 1.165) is 5.57 Å². The fourth-order valence-electron chi connectivity index (χ4n) is 1.62. The molecule has 0 bridgehead atoms. The molecule has 0 aromatic heterocycles. The SMILES string of the molecule is C=C(/C=C(/c1ccccc1F)C(C)(C)O)C(C)C. The molecule has 1 aromatic carbocycles. The van der Waals surface area contributed by atoms with E-state index >= 15 is 0 Å². The van der Waals surface area contributed by atoms with Gasteiger partial charge in [-0.15, -0.1) is 0 Å². The average molecular weight is 248 g/mol. The molecule has 0 unspecified atom stereocenters. The lowest BCUT2D eigenvalue weighted by molar-refractivity contribution is 0.143. The zero-order valence-corrected chi connectivity index (χ0v) is 11.5. The second kappa shape index (κ2) is 5.49. The van der Waals surface area contributed by atoms with Crippen LogP contribution in [0.5, 0.6) is 0 Å². The first-order valence-corrected chi connectivity index (χ1v) is 6.11. The largest absolute Gasteiger partial charge is 0.386 e. The maximum atomic E-state index is 13.8. The van der Waals surface area contributed by atoms with Crippen LogP contribution < -0.4 is 0 Å². The first kappa shape index (κ1) is 14.7. The summed E-state index contributed by atoms with van der Waals surface area (Å²) in [5.74, 6) is -0.0726. The molecule has 1 aromatic rings. The topological polar surface area (TPSA) is 20.2 Å². The highest BCUT2D eigenvalue weighted by atomic mass is 19.1. The molecule has 18 heavy (non-hydrogen) atoms. The lowest BCUT2D eigenvalue weighted by Crippen LogP contribution is -2.22. The van der Waals surface area contributed by atoms with Crippen molar-refractivity contribution >= 4 is 5.57 Å². The van der Waals surface area contributed by atoms with Crippen molar-refractivity contribution in [3.05, 3.63) is 53.9 Å². The first-order valence-electron chi connectivity index (χ1n) is 6.11. The molecule has 0 amide bonds. The molecular weight excluding hydrogens is 227 g/mol. The van der Waals surface area contributed by atoms with Crippen LogP contribution in [-0.2, 0) is 0 Å². The number of rotatable bonds is 4. The molecule has 0 aliphatic heterocycles. The van der Waals surface area contributed by atoms with Crippen LogP contribution in [0.4, 0.5) is 4.39 Å². The van der Waals surface area contributed by atoms with E-state index in [2.05, 4.69) is 6.58 Å². The minimum atomic E-state index is -1.11. The number of hydrogen-bond donors (Lipinski definition) is 1. The Labute approximate surface area is 109 Å². The molecule has 0 radical (unpaired) electrons. The summed E-state index contributed by atoms with van der Waals surface area (Å²) in [7, 11) is 0. The molecule has 0 spiro atoms. The van der Waals surface area contributed by atoms with Crippen LogP contribution in [0.2, 0.25) is 0 Å². The summed E-state index contributed by atoms with van der Waals surface area (Å²) in [4.78, 5) is 0. The molecule has 98 valence electrons. The number of benzene rings is 1. The molecule has 0 aliphatic carbocycles. The maximum absolute atomic E-state index is 13.8. The van der Waals surface area contributed by atoms with Gasteiger partial charge in [0.2, 0.25) is 0 Å². The normalized spacial score (nSPS) is 12.9. The second-order valence-electron chi connectivity index (χ2n) is 5.33. The van der Waals surface area contributed by atoms with Crippen LogP contribution >= 0.6 is 0 Å². The van der Waals surface area contributed by atoms with E-state index in [1.807, 2.05) is 13.8 Å². The van der Waals surface area contributed by atoms with Gasteiger partial charge in [-0.3, -0.25) is 0 Å². The van der Waals surface area contributed by atoms with Gasteiger partial charge in [-0.25, -0.2) is 4.39 Å². The predicted molar refractivity (Wildman–Crippen MR) is 74.7 cm³/mol. The standard InChI is InChI=1S/C16H21FO/c1-11(2)12(3)10-14(16(4,5)18)13-8-6-7-9-15(13)17/h6-11,18H,3H2,1-2,4-5H3/b14-10-. The molecule has 2 heteroatoms. The summed E-state index contributed by atoms with van der Waals surface area (Å²) in [5, 5.41) is 10.2. The highest BCUT2D eigenvalue weighted by Gasteiger charge is 2.23. The third-order valence-corrected chi connectivity index (χ3v) is 2.89. The molecule has 0 fully saturated rings. The van der Waals surface area contributed by atoms with Gasteiger partial charge in [0.25, 0.3) is 0 Å². The highest BCUT2D eigenvalue weighted by molar-refractivity contribution is 5.73. The minimum absolute atomic E-state index is 0.258. The van der Waals surface area contributed by atoms with Crippen LogP contribution in [0.3, 0.4) is 0 Å². The average Bonchev–Trinajstić information content (AvgIpc) is 2.25. The van der Waals surface area contributed by atoms with Crippen molar-refractivity contribution in [2.45, 2.75) is 33.3 Å². The van der Waals surface area contributed by atoms with Gasteiger partial charge in [0, 0.05) is 5.56 Å². The first-order chi connectivity index (χ1) is 8.23. The van der Waals surface area contributed by atoms with Crippen molar-refractivity contribution in [2.24, 2.45) is 5.92 Å². The third-order valence-electron chi connectivity index (χ3n) is 2.89. The van der Waals surface area contributed by atoms with Crippen molar-refractivity contribution < 1.29 is 9.50 Å². The molecule has 1 N–H and O–H groups in total. The van der Waals surface area contributed by atoms with Gasteiger partial charge in [-0.2, -0.15) is 0 Å². The van der Waals surface area contributed by atoms with Gasteiger partial charge in [0.15, 0.2) is 0 Å². The van der Waals surface area contributed by atoms with E-state index in [0.29, 0.717) is 11.1 Å². The highest BCUT2D eigenvalue weighted by Crippen LogP contribution is 2.30. The number of aliphatic hydroxyl groups is 1. The molecule has 1 nitrogen and oxygen atoms in total.